The number of amides is 1. The van der Waals surface area contributed by atoms with E-state index in [0.29, 0.717) is 6.42 Å². The van der Waals surface area contributed by atoms with Crippen LogP contribution >= 0.6 is 0 Å². The van der Waals surface area contributed by atoms with Gasteiger partial charge in [0.25, 0.3) is 0 Å². The van der Waals surface area contributed by atoms with E-state index >= 15 is 0 Å². The fourth-order valence-electron chi connectivity index (χ4n) is 3.21. The zero-order valence-corrected chi connectivity index (χ0v) is 12.1. The molecule has 1 heterocycles. The van der Waals surface area contributed by atoms with Gasteiger partial charge in [0, 0.05) is 26.2 Å². The molecule has 108 valence electrons. The molecule has 0 spiro atoms. The Morgan fingerprint density at radius 2 is 1.84 bits per heavy atom. The first-order valence-electron chi connectivity index (χ1n) is 7.18. The second-order valence-electron chi connectivity index (χ2n) is 6.02. The zero-order chi connectivity index (χ0) is 14.2. The molecule has 1 saturated carbocycles. The second kappa shape index (κ2) is 5.12. The average Bonchev–Trinajstić information content (AvgIpc) is 3.15. The van der Waals surface area contributed by atoms with Gasteiger partial charge < -0.3 is 14.9 Å². The van der Waals surface area contributed by atoms with Crippen molar-refractivity contribution in [3.05, 3.63) is 0 Å². The fourth-order valence-corrected chi connectivity index (χ4v) is 3.21. The van der Waals surface area contributed by atoms with Crippen molar-refractivity contribution in [1.29, 1.82) is 0 Å². The molecule has 1 N–H and O–H groups in total. The highest BCUT2D eigenvalue weighted by atomic mass is 16.4. The van der Waals surface area contributed by atoms with Crippen molar-refractivity contribution in [2.24, 2.45) is 17.3 Å². The summed E-state index contributed by atoms with van der Waals surface area (Å²) in [7, 11) is 0. The summed E-state index contributed by atoms with van der Waals surface area (Å²) < 4.78 is 0. The molecule has 1 saturated heterocycles. The Labute approximate surface area is 114 Å². The van der Waals surface area contributed by atoms with Crippen molar-refractivity contribution in [3.8, 4) is 0 Å². The molecule has 1 amide bonds. The Morgan fingerprint density at radius 3 is 2.21 bits per heavy atom. The molecule has 5 heteroatoms. The van der Waals surface area contributed by atoms with Crippen LogP contribution in [0.3, 0.4) is 0 Å². The molecular formula is C14H24N2O3. The predicted molar refractivity (Wildman–Crippen MR) is 71.7 cm³/mol. The minimum Gasteiger partial charge on any atom is -0.481 e. The summed E-state index contributed by atoms with van der Waals surface area (Å²) >= 11 is 0. The average molecular weight is 268 g/mol. The molecule has 0 aromatic heterocycles. The standard InChI is InChI=1S/C14H24N2O3/c1-4-15-5-7-16(8-6-15)12(17)11-9-14(11,10(2)3)13(18)19/h10-11H,4-9H2,1-3H3,(H,18,19). The number of piperazine rings is 1. The number of hydrogen-bond acceptors (Lipinski definition) is 3. The van der Waals surface area contributed by atoms with Gasteiger partial charge in [0.05, 0.1) is 11.3 Å². The fraction of sp³-hybridized carbons (Fsp3) is 0.857. The normalized spacial score (nSPS) is 31.6. The van der Waals surface area contributed by atoms with Gasteiger partial charge in [-0.25, -0.2) is 0 Å². The van der Waals surface area contributed by atoms with Crippen LogP contribution in [0.4, 0.5) is 0 Å². The summed E-state index contributed by atoms with van der Waals surface area (Å²) in [4.78, 5) is 28.0. The summed E-state index contributed by atoms with van der Waals surface area (Å²) in [5.41, 5.74) is -0.807. The van der Waals surface area contributed by atoms with Crippen molar-refractivity contribution in [2.75, 3.05) is 32.7 Å². The number of carbonyl (C=O) groups excluding carboxylic acids is 1. The third-order valence-corrected chi connectivity index (χ3v) is 4.86. The number of aliphatic carboxylic acids is 1. The molecule has 2 aliphatic rings. The summed E-state index contributed by atoms with van der Waals surface area (Å²) in [6.07, 6.45) is 0.507. The molecule has 2 atom stereocenters. The summed E-state index contributed by atoms with van der Waals surface area (Å²) in [5, 5.41) is 9.39. The molecule has 19 heavy (non-hydrogen) atoms. The van der Waals surface area contributed by atoms with E-state index in [0.717, 1.165) is 32.7 Å². The van der Waals surface area contributed by atoms with Crippen LogP contribution in [0.25, 0.3) is 0 Å². The van der Waals surface area contributed by atoms with E-state index < -0.39 is 11.4 Å². The summed E-state index contributed by atoms with van der Waals surface area (Å²) in [6.45, 7) is 10.2. The quantitative estimate of drug-likeness (QED) is 0.823. The minimum absolute atomic E-state index is 0.0101. The Hall–Kier alpha value is -1.10. The van der Waals surface area contributed by atoms with Crippen molar-refractivity contribution in [3.63, 3.8) is 0 Å². The third kappa shape index (κ3) is 2.36. The van der Waals surface area contributed by atoms with Crippen LogP contribution in [0.2, 0.25) is 0 Å². The van der Waals surface area contributed by atoms with E-state index in [1.54, 1.807) is 0 Å². The molecule has 0 bridgehead atoms. The van der Waals surface area contributed by atoms with Crippen molar-refractivity contribution in [1.82, 2.24) is 9.80 Å². The van der Waals surface area contributed by atoms with Gasteiger partial charge in [0.15, 0.2) is 0 Å². The lowest BCUT2D eigenvalue weighted by Crippen LogP contribution is -2.49. The highest BCUT2D eigenvalue weighted by Crippen LogP contribution is 2.58. The lowest BCUT2D eigenvalue weighted by molar-refractivity contribution is -0.149. The zero-order valence-electron chi connectivity index (χ0n) is 12.1. The Bertz CT molecular complexity index is 375. The van der Waals surface area contributed by atoms with E-state index in [4.69, 9.17) is 0 Å². The molecule has 0 aromatic carbocycles. The molecule has 1 aliphatic heterocycles. The number of rotatable bonds is 4. The number of carbonyl (C=O) groups is 2. The first kappa shape index (κ1) is 14.3. The molecule has 1 aliphatic carbocycles. The van der Waals surface area contributed by atoms with Gasteiger partial charge in [0.1, 0.15) is 0 Å². The van der Waals surface area contributed by atoms with Crippen LogP contribution in [0.5, 0.6) is 0 Å². The van der Waals surface area contributed by atoms with Crippen LogP contribution in [0.1, 0.15) is 27.2 Å². The predicted octanol–water partition coefficient (Wildman–Crippen LogP) is 0.897. The van der Waals surface area contributed by atoms with Crippen LogP contribution in [0.15, 0.2) is 0 Å². The number of hydrogen-bond donors (Lipinski definition) is 1. The van der Waals surface area contributed by atoms with Crippen LogP contribution < -0.4 is 0 Å². The van der Waals surface area contributed by atoms with Gasteiger partial charge in [-0.05, 0) is 18.9 Å². The van der Waals surface area contributed by atoms with Crippen LogP contribution in [0, 0.1) is 17.3 Å². The van der Waals surface area contributed by atoms with Crippen LogP contribution in [-0.4, -0.2) is 59.5 Å². The van der Waals surface area contributed by atoms with Gasteiger partial charge in [-0.1, -0.05) is 20.8 Å². The molecular weight excluding hydrogens is 244 g/mol. The highest BCUT2D eigenvalue weighted by Gasteiger charge is 2.66. The number of likely N-dealkylation sites (N-methyl/N-ethyl adjacent to an activating group) is 1. The molecule has 2 unspecified atom stereocenters. The maximum Gasteiger partial charge on any atom is 0.310 e. The highest BCUT2D eigenvalue weighted by molar-refractivity contribution is 5.93. The molecule has 2 fully saturated rings. The molecule has 5 nitrogen and oxygen atoms in total. The summed E-state index contributed by atoms with van der Waals surface area (Å²) in [5.74, 6) is -1.06. The lowest BCUT2D eigenvalue weighted by atomic mass is 9.89. The second-order valence-corrected chi connectivity index (χ2v) is 6.02. The molecule has 0 radical (unpaired) electrons. The van der Waals surface area contributed by atoms with E-state index in [-0.39, 0.29) is 17.7 Å². The Kier molecular flexibility index (Phi) is 3.85. The van der Waals surface area contributed by atoms with Crippen molar-refractivity contribution in [2.45, 2.75) is 27.2 Å². The van der Waals surface area contributed by atoms with Gasteiger partial charge in [-0.2, -0.15) is 0 Å². The van der Waals surface area contributed by atoms with Gasteiger partial charge in [0.2, 0.25) is 5.91 Å². The Balaban J connectivity index is 1.98. The smallest absolute Gasteiger partial charge is 0.310 e. The maximum absolute atomic E-state index is 12.4. The van der Waals surface area contributed by atoms with Gasteiger partial charge >= 0.3 is 5.97 Å². The molecule has 0 aromatic rings. The van der Waals surface area contributed by atoms with Gasteiger partial charge in [-0.3, -0.25) is 9.59 Å². The van der Waals surface area contributed by atoms with E-state index in [1.807, 2.05) is 18.7 Å². The largest absolute Gasteiger partial charge is 0.481 e. The first-order valence-corrected chi connectivity index (χ1v) is 7.18. The lowest BCUT2D eigenvalue weighted by Gasteiger charge is -2.34. The summed E-state index contributed by atoms with van der Waals surface area (Å²) in [6, 6.07) is 0. The maximum atomic E-state index is 12.4. The number of carboxylic acids is 1. The third-order valence-electron chi connectivity index (χ3n) is 4.86. The van der Waals surface area contributed by atoms with Gasteiger partial charge in [-0.15, -0.1) is 0 Å². The van der Waals surface area contributed by atoms with E-state index in [9.17, 15) is 14.7 Å². The van der Waals surface area contributed by atoms with E-state index in [2.05, 4.69) is 11.8 Å². The topological polar surface area (TPSA) is 60.9 Å². The van der Waals surface area contributed by atoms with Crippen LogP contribution in [-0.2, 0) is 9.59 Å². The minimum atomic E-state index is -0.812. The monoisotopic (exact) mass is 268 g/mol. The number of nitrogens with zero attached hydrogens (tertiary/aromatic N) is 2. The van der Waals surface area contributed by atoms with Crippen molar-refractivity contribution < 1.29 is 14.7 Å². The molecule has 2 rings (SSSR count). The van der Waals surface area contributed by atoms with Crippen molar-refractivity contribution >= 4 is 11.9 Å². The first-order chi connectivity index (χ1) is 8.93. The Morgan fingerprint density at radius 1 is 1.26 bits per heavy atom. The number of carboxylic acid groups (broad SMARTS) is 1. The SMILES string of the molecule is CCN1CCN(C(=O)C2CC2(C(=O)O)C(C)C)CC1. The van der Waals surface area contributed by atoms with E-state index in [1.165, 1.54) is 0 Å².